The molecule has 1 atom stereocenters. The Bertz CT molecular complexity index is 871. The van der Waals surface area contributed by atoms with E-state index in [4.69, 9.17) is 11.6 Å². The van der Waals surface area contributed by atoms with E-state index in [0.29, 0.717) is 11.4 Å². The second kappa shape index (κ2) is 7.58. The molecule has 3 rings (SSSR count). The molecule has 0 aliphatic heterocycles. The van der Waals surface area contributed by atoms with Crippen LogP contribution in [-0.4, -0.2) is 10.5 Å². The molecule has 0 spiro atoms. The number of hydrogen-bond donors (Lipinski definition) is 1. The van der Waals surface area contributed by atoms with Gasteiger partial charge in [-0.1, -0.05) is 41.9 Å². The number of halogens is 1. The zero-order valence-corrected chi connectivity index (χ0v) is 15.1. The molecule has 0 aliphatic carbocycles. The minimum Gasteiger partial charge on any atom is -0.346 e. The van der Waals surface area contributed by atoms with Gasteiger partial charge in [-0.3, -0.25) is 4.79 Å². The molecule has 25 heavy (non-hydrogen) atoms. The smallest absolute Gasteiger partial charge is 0.226 e. The normalized spacial score (nSPS) is 12.0. The predicted octanol–water partition coefficient (Wildman–Crippen LogP) is 5.38. The molecule has 1 amide bonds. The molecule has 0 aliphatic rings. The summed E-state index contributed by atoms with van der Waals surface area (Å²) in [7, 11) is 0. The maximum Gasteiger partial charge on any atom is 0.226 e. The van der Waals surface area contributed by atoms with Crippen molar-refractivity contribution >= 4 is 23.2 Å². The molecule has 0 saturated heterocycles. The van der Waals surface area contributed by atoms with Crippen molar-refractivity contribution in [3.63, 3.8) is 0 Å². The van der Waals surface area contributed by atoms with E-state index in [2.05, 4.69) is 28.9 Å². The molecule has 1 aromatic heterocycles. The van der Waals surface area contributed by atoms with Crippen LogP contribution in [0.15, 0.2) is 67.0 Å². The summed E-state index contributed by atoms with van der Waals surface area (Å²) in [5.74, 6) is -0.0349. The number of rotatable bonds is 5. The highest BCUT2D eigenvalue weighted by atomic mass is 35.5. The Hall–Kier alpha value is -2.52. The number of benzene rings is 2. The van der Waals surface area contributed by atoms with Gasteiger partial charge >= 0.3 is 0 Å². The van der Waals surface area contributed by atoms with Gasteiger partial charge in [-0.2, -0.15) is 0 Å². The van der Waals surface area contributed by atoms with Gasteiger partial charge < -0.3 is 9.88 Å². The number of aromatic nitrogens is 1. The van der Waals surface area contributed by atoms with Gasteiger partial charge in [0.05, 0.1) is 12.5 Å². The lowest BCUT2D eigenvalue weighted by Crippen LogP contribution is -2.20. The number of aryl methyl sites for hydroxylation is 1. The van der Waals surface area contributed by atoms with Gasteiger partial charge in [-0.15, -0.1) is 0 Å². The Balaban J connectivity index is 1.85. The summed E-state index contributed by atoms with van der Waals surface area (Å²) in [5, 5.41) is 3.65. The van der Waals surface area contributed by atoms with Crippen LogP contribution in [0.5, 0.6) is 0 Å². The van der Waals surface area contributed by atoms with Crippen molar-refractivity contribution in [1.29, 1.82) is 0 Å². The molecule has 4 heteroatoms. The molecule has 128 valence electrons. The van der Waals surface area contributed by atoms with E-state index in [0.717, 1.165) is 16.8 Å². The number of nitrogens with one attached hydrogen (secondary N) is 1. The van der Waals surface area contributed by atoms with Crippen LogP contribution in [0.2, 0.25) is 5.02 Å². The Morgan fingerprint density at radius 1 is 1.04 bits per heavy atom. The molecule has 3 aromatic rings. The van der Waals surface area contributed by atoms with Crippen LogP contribution in [0, 0.1) is 13.8 Å². The van der Waals surface area contributed by atoms with E-state index in [-0.39, 0.29) is 11.9 Å². The number of carbonyl (C=O) groups excluding carboxylic acids is 1. The highest BCUT2D eigenvalue weighted by Crippen LogP contribution is 2.27. The second-order valence-corrected chi connectivity index (χ2v) is 6.57. The zero-order valence-electron chi connectivity index (χ0n) is 14.4. The van der Waals surface area contributed by atoms with E-state index in [1.165, 1.54) is 5.56 Å². The molecule has 0 saturated carbocycles. The zero-order chi connectivity index (χ0) is 17.8. The van der Waals surface area contributed by atoms with Gasteiger partial charge in [-0.05, 0) is 54.8 Å². The lowest BCUT2D eigenvalue weighted by Gasteiger charge is -2.21. The molecule has 3 nitrogen and oxygen atoms in total. The van der Waals surface area contributed by atoms with Gasteiger partial charge in [0.25, 0.3) is 0 Å². The quantitative estimate of drug-likeness (QED) is 0.657. The van der Waals surface area contributed by atoms with Crippen molar-refractivity contribution < 1.29 is 4.79 Å². The molecule has 0 bridgehead atoms. The van der Waals surface area contributed by atoms with Gasteiger partial charge in [0.15, 0.2) is 0 Å². The van der Waals surface area contributed by atoms with Gasteiger partial charge in [-0.25, -0.2) is 0 Å². The van der Waals surface area contributed by atoms with Crippen molar-refractivity contribution in [1.82, 2.24) is 4.57 Å². The van der Waals surface area contributed by atoms with Crippen molar-refractivity contribution in [2.75, 3.05) is 5.32 Å². The first kappa shape index (κ1) is 17.3. The second-order valence-electron chi connectivity index (χ2n) is 6.17. The SMILES string of the molecule is Cc1ccccc1[C@H](CC(=O)Nc1cccc(Cl)c1C)n1cccc1. The van der Waals surface area contributed by atoms with Crippen LogP contribution in [0.4, 0.5) is 5.69 Å². The largest absolute Gasteiger partial charge is 0.346 e. The third kappa shape index (κ3) is 3.94. The summed E-state index contributed by atoms with van der Waals surface area (Å²) in [6.07, 6.45) is 4.34. The Labute approximate surface area is 153 Å². The Morgan fingerprint density at radius 2 is 1.76 bits per heavy atom. The highest BCUT2D eigenvalue weighted by Gasteiger charge is 2.19. The maximum absolute atomic E-state index is 12.7. The summed E-state index contributed by atoms with van der Waals surface area (Å²) in [4.78, 5) is 12.7. The fraction of sp³-hybridized carbons (Fsp3) is 0.190. The van der Waals surface area contributed by atoms with Crippen LogP contribution >= 0.6 is 11.6 Å². The fourth-order valence-corrected chi connectivity index (χ4v) is 3.19. The minimum atomic E-state index is -0.0457. The molecule has 1 N–H and O–H groups in total. The summed E-state index contributed by atoms with van der Waals surface area (Å²) >= 11 is 6.15. The minimum absolute atomic E-state index is 0.0349. The van der Waals surface area contributed by atoms with Crippen LogP contribution in [0.1, 0.15) is 29.2 Å². The van der Waals surface area contributed by atoms with Crippen molar-refractivity contribution in [3.05, 3.63) is 88.7 Å². The van der Waals surface area contributed by atoms with Crippen LogP contribution < -0.4 is 5.32 Å². The van der Waals surface area contributed by atoms with Crippen molar-refractivity contribution in [3.8, 4) is 0 Å². The molecule has 0 unspecified atom stereocenters. The maximum atomic E-state index is 12.7. The molecule has 2 aromatic carbocycles. The third-order valence-corrected chi connectivity index (χ3v) is 4.86. The lowest BCUT2D eigenvalue weighted by atomic mass is 9.98. The van der Waals surface area contributed by atoms with Crippen LogP contribution in [0.3, 0.4) is 0 Å². The molecular weight excluding hydrogens is 332 g/mol. The predicted molar refractivity (Wildman–Crippen MR) is 103 cm³/mol. The number of anilines is 1. The monoisotopic (exact) mass is 352 g/mol. The molecular formula is C21H21ClN2O. The topological polar surface area (TPSA) is 34.0 Å². The van der Waals surface area contributed by atoms with E-state index >= 15 is 0 Å². The summed E-state index contributed by atoms with van der Waals surface area (Å²) in [6.45, 7) is 3.98. The Morgan fingerprint density at radius 3 is 2.48 bits per heavy atom. The van der Waals surface area contributed by atoms with Gasteiger partial charge in [0.1, 0.15) is 0 Å². The fourth-order valence-electron chi connectivity index (χ4n) is 3.01. The number of hydrogen-bond acceptors (Lipinski definition) is 1. The van der Waals surface area contributed by atoms with Gasteiger partial charge in [0, 0.05) is 23.1 Å². The van der Waals surface area contributed by atoms with Gasteiger partial charge in [0.2, 0.25) is 5.91 Å². The number of carbonyl (C=O) groups is 1. The summed E-state index contributed by atoms with van der Waals surface area (Å²) in [6, 6.07) is 17.6. The molecule has 0 radical (unpaired) electrons. The number of amides is 1. The third-order valence-electron chi connectivity index (χ3n) is 4.46. The summed E-state index contributed by atoms with van der Waals surface area (Å²) < 4.78 is 2.08. The van der Waals surface area contributed by atoms with Crippen molar-refractivity contribution in [2.24, 2.45) is 0 Å². The first-order valence-corrected chi connectivity index (χ1v) is 8.67. The van der Waals surface area contributed by atoms with Crippen LogP contribution in [0.25, 0.3) is 0 Å². The van der Waals surface area contributed by atoms with E-state index in [1.807, 2.05) is 61.8 Å². The highest BCUT2D eigenvalue weighted by molar-refractivity contribution is 6.31. The number of nitrogens with zero attached hydrogens (tertiary/aromatic N) is 1. The average Bonchev–Trinajstić information content (AvgIpc) is 3.12. The van der Waals surface area contributed by atoms with E-state index in [1.54, 1.807) is 0 Å². The first-order valence-electron chi connectivity index (χ1n) is 8.29. The van der Waals surface area contributed by atoms with E-state index < -0.39 is 0 Å². The standard InChI is InChI=1S/C21H21ClN2O/c1-15-8-3-4-9-17(15)20(24-12-5-6-13-24)14-21(25)23-19-11-7-10-18(22)16(19)2/h3-13,20H,14H2,1-2H3,(H,23,25)/t20-/m0/s1. The lowest BCUT2D eigenvalue weighted by molar-refractivity contribution is -0.116. The van der Waals surface area contributed by atoms with E-state index in [9.17, 15) is 4.79 Å². The Kier molecular flexibility index (Phi) is 5.25. The summed E-state index contributed by atoms with van der Waals surface area (Å²) in [5.41, 5.74) is 3.96. The van der Waals surface area contributed by atoms with Crippen LogP contribution in [-0.2, 0) is 4.79 Å². The average molecular weight is 353 g/mol. The first-order chi connectivity index (χ1) is 12.1. The molecule has 1 heterocycles. The molecule has 0 fully saturated rings. The van der Waals surface area contributed by atoms with Crippen molar-refractivity contribution in [2.45, 2.75) is 26.3 Å².